The van der Waals surface area contributed by atoms with E-state index in [9.17, 15) is 5.26 Å². The number of ether oxygens (including phenoxy) is 1. The van der Waals surface area contributed by atoms with Gasteiger partial charge in [-0.05, 0) is 36.8 Å². The molecule has 0 aromatic heterocycles. The number of aliphatic imine (C=N–C) groups is 2. The molecule has 2 aliphatic rings. The summed E-state index contributed by atoms with van der Waals surface area (Å²) < 4.78 is 5.95. The summed E-state index contributed by atoms with van der Waals surface area (Å²) in [6.45, 7) is 3.54. The topological polar surface area (TPSA) is 61.0 Å². The predicted molar refractivity (Wildman–Crippen MR) is 88.7 cm³/mol. The summed E-state index contributed by atoms with van der Waals surface area (Å²) in [6.07, 6.45) is 1.82. The number of amidine groups is 1. The van der Waals surface area contributed by atoms with Gasteiger partial charge in [-0.2, -0.15) is 5.26 Å². The molecule has 2 aromatic rings. The number of nitrogens with zero attached hydrogens (tertiary/aromatic N) is 4. The highest BCUT2D eigenvalue weighted by atomic mass is 16.5. The maximum absolute atomic E-state index is 9.32. The van der Waals surface area contributed by atoms with Crippen LogP contribution in [0.1, 0.15) is 16.7 Å². The zero-order chi connectivity index (χ0) is 15.8. The fourth-order valence-electron chi connectivity index (χ4n) is 2.81. The molecule has 0 aliphatic carbocycles. The van der Waals surface area contributed by atoms with Gasteiger partial charge in [0.1, 0.15) is 23.4 Å². The number of benzene rings is 2. The van der Waals surface area contributed by atoms with Crippen molar-refractivity contribution in [1.82, 2.24) is 4.90 Å². The zero-order valence-corrected chi connectivity index (χ0v) is 12.7. The molecule has 112 valence electrons. The lowest BCUT2D eigenvalue weighted by atomic mass is 10.1. The van der Waals surface area contributed by atoms with E-state index in [2.05, 4.69) is 16.1 Å². The summed E-state index contributed by atoms with van der Waals surface area (Å²) in [5.74, 6) is 2.18. The SMILES string of the molecule is Cc1cccc(Oc2ccc3c(c2)C2=NCCN2C=N3)c1C#N. The van der Waals surface area contributed by atoms with Crippen molar-refractivity contribution >= 4 is 17.9 Å². The monoisotopic (exact) mass is 302 g/mol. The molecule has 23 heavy (non-hydrogen) atoms. The molecule has 5 heteroatoms. The minimum Gasteiger partial charge on any atom is -0.456 e. The predicted octanol–water partition coefficient (Wildman–Crippen LogP) is 3.39. The number of hydrogen-bond acceptors (Lipinski definition) is 5. The molecule has 0 unspecified atom stereocenters. The van der Waals surface area contributed by atoms with Crippen LogP contribution >= 0.6 is 0 Å². The Balaban J connectivity index is 1.73. The van der Waals surface area contributed by atoms with Crippen molar-refractivity contribution in [2.24, 2.45) is 9.98 Å². The maximum atomic E-state index is 9.32. The van der Waals surface area contributed by atoms with E-state index in [-0.39, 0.29) is 0 Å². The molecular weight excluding hydrogens is 288 g/mol. The fourth-order valence-corrected chi connectivity index (χ4v) is 2.81. The molecule has 0 atom stereocenters. The van der Waals surface area contributed by atoms with Crippen molar-refractivity contribution in [3.8, 4) is 17.6 Å². The molecule has 0 saturated heterocycles. The highest BCUT2D eigenvalue weighted by Gasteiger charge is 2.23. The lowest BCUT2D eigenvalue weighted by Gasteiger charge is -2.21. The summed E-state index contributed by atoms with van der Waals surface area (Å²) in [4.78, 5) is 11.0. The van der Waals surface area contributed by atoms with Crippen LogP contribution < -0.4 is 4.74 Å². The number of aryl methyl sites for hydroxylation is 1. The summed E-state index contributed by atoms with van der Waals surface area (Å²) in [5.41, 5.74) is 3.31. The van der Waals surface area contributed by atoms with Gasteiger partial charge in [0.05, 0.1) is 24.1 Å². The van der Waals surface area contributed by atoms with Crippen LogP contribution in [-0.2, 0) is 0 Å². The number of rotatable bonds is 2. The van der Waals surface area contributed by atoms with Gasteiger partial charge < -0.3 is 9.64 Å². The molecule has 2 aliphatic heterocycles. The largest absolute Gasteiger partial charge is 0.456 e. The van der Waals surface area contributed by atoms with Crippen LogP contribution in [0.15, 0.2) is 46.4 Å². The van der Waals surface area contributed by atoms with Crippen LogP contribution in [-0.4, -0.2) is 30.2 Å². The molecule has 4 rings (SSSR count). The third-order valence-electron chi connectivity index (χ3n) is 3.99. The van der Waals surface area contributed by atoms with Crippen molar-refractivity contribution in [2.45, 2.75) is 6.92 Å². The second kappa shape index (κ2) is 5.25. The molecule has 0 radical (unpaired) electrons. The first-order chi connectivity index (χ1) is 11.3. The number of nitriles is 1. The number of hydrogen-bond donors (Lipinski definition) is 0. The van der Waals surface area contributed by atoms with Crippen molar-refractivity contribution in [3.63, 3.8) is 0 Å². The molecule has 2 heterocycles. The number of fused-ring (bicyclic) bond motifs is 3. The second-order valence-corrected chi connectivity index (χ2v) is 5.48. The zero-order valence-electron chi connectivity index (χ0n) is 12.7. The molecule has 0 saturated carbocycles. The molecule has 0 amide bonds. The van der Waals surface area contributed by atoms with Crippen molar-refractivity contribution in [1.29, 1.82) is 5.26 Å². The quantitative estimate of drug-likeness (QED) is 0.854. The molecule has 0 fully saturated rings. The van der Waals surface area contributed by atoms with Gasteiger partial charge in [-0.15, -0.1) is 0 Å². The Morgan fingerprint density at radius 3 is 3.04 bits per heavy atom. The molecule has 2 aromatic carbocycles. The normalized spacial score (nSPS) is 14.8. The molecule has 0 N–H and O–H groups in total. The van der Waals surface area contributed by atoms with E-state index < -0.39 is 0 Å². The maximum Gasteiger partial charge on any atom is 0.145 e. The van der Waals surface area contributed by atoms with Gasteiger partial charge in [0.15, 0.2) is 0 Å². The summed E-state index contributed by atoms with van der Waals surface area (Å²) in [5, 5.41) is 9.32. The first-order valence-electron chi connectivity index (χ1n) is 7.43. The van der Waals surface area contributed by atoms with E-state index in [1.807, 2.05) is 54.6 Å². The average Bonchev–Trinajstić information content (AvgIpc) is 3.04. The highest BCUT2D eigenvalue weighted by Crippen LogP contribution is 2.33. The summed E-state index contributed by atoms with van der Waals surface area (Å²) in [7, 11) is 0. The fraction of sp³-hybridized carbons (Fsp3) is 0.167. The van der Waals surface area contributed by atoms with E-state index in [1.165, 1.54) is 0 Å². The molecular formula is C18H14N4O. The summed E-state index contributed by atoms with van der Waals surface area (Å²) >= 11 is 0. The van der Waals surface area contributed by atoms with E-state index >= 15 is 0 Å². The van der Waals surface area contributed by atoms with Crippen LogP contribution in [0.3, 0.4) is 0 Å². The minimum atomic E-state index is 0.558. The van der Waals surface area contributed by atoms with Gasteiger partial charge in [-0.1, -0.05) is 12.1 Å². The van der Waals surface area contributed by atoms with Gasteiger partial charge in [0, 0.05) is 12.1 Å². The Morgan fingerprint density at radius 1 is 1.26 bits per heavy atom. The van der Waals surface area contributed by atoms with Crippen molar-refractivity contribution < 1.29 is 4.74 Å². The van der Waals surface area contributed by atoms with E-state index in [1.54, 1.807) is 0 Å². The lowest BCUT2D eigenvalue weighted by Crippen LogP contribution is -2.29. The Labute approximate surface area is 134 Å². The van der Waals surface area contributed by atoms with Gasteiger partial charge in [0.25, 0.3) is 0 Å². The second-order valence-electron chi connectivity index (χ2n) is 5.48. The first-order valence-corrected chi connectivity index (χ1v) is 7.43. The molecule has 0 bridgehead atoms. The Hall–Kier alpha value is -3.13. The van der Waals surface area contributed by atoms with Crippen LogP contribution in [0.2, 0.25) is 0 Å². The van der Waals surface area contributed by atoms with Crippen molar-refractivity contribution in [3.05, 3.63) is 53.1 Å². The Kier molecular flexibility index (Phi) is 3.09. The third-order valence-corrected chi connectivity index (χ3v) is 3.99. The van der Waals surface area contributed by atoms with Gasteiger partial charge in [-0.25, -0.2) is 4.99 Å². The van der Waals surface area contributed by atoms with Crippen LogP contribution in [0.25, 0.3) is 0 Å². The average molecular weight is 302 g/mol. The Morgan fingerprint density at radius 2 is 2.17 bits per heavy atom. The lowest BCUT2D eigenvalue weighted by molar-refractivity contribution is 0.480. The van der Waals surface area contributed by atoms with E-state index in [4.69, 9.17) is 4.74 Å². The standard InChI is InChI=1S/C18H14N4O/c1-12-3-2-4-17(15(12)10-19)23-13-5-6-16-14(9-13)18-20-7-8-22(18)11-21-16/h2-6,9,11H,7-8H2,1H3. The van der Waals surface area contributed by atoms with Crippen LogP contribution in [0, 0.1) is 18.3 Å². The van der Waals surface area contributed by atoms with Crippen LogP contribution in [0.5, 0.6) is 11.5 Å². The molecule has 0 spiro atoms. The summed E-state index contributed by atoms with van der Waals surface area (Å²) in [6, 6.07) is 13.5. The molecule has 5 nitrogen and oxygen atoms in total. The van der Waals surface area contributed by atoms with Crippen molar-refractivity contribution in [2.75, 3.05) is 13.1 Å². The third kappa shape index (κ3) is 2.25. The van der Waals surface area contributed by atoms with Gasteiger partial charge >= 0.3 is 0 Å². The van der Waals surface area contributed by atoms with E-state index in [0.717, 1.165) is 35.7 Å². The Bertz CT molecular complexity index is 892. The van der Waals surface area contributed by atoms with Gasteiger partial charge in [-0.3, -0.25) is 4.99 Å². The highest BCUT2D eigenvalue weighted by molar-refractivity contribution is 6.11. The minimum absolute atomic E-state index is 0.558. The van der Waals surface area contributed by atoms with Gasteiger partial charge in [0.2, 0.25) is 0 Å². The first kappa shape index (κ1) is 13.5. The van der Waals surface area contributed by atoms with Crippen LogP contribution in [0.4, 0.5) is 5.69 Å². The smallest absolute Gasteiger partial charge is 0.145 e. The van der Waals surface area contributed by atoms with E-state index in [0.29, 0.717) is 17.1 Å².